The predicted molar refractivity (Wildman–Crippen MR) is 113 cm³/mol. The Balaban J connectivity index is 1.32. The van der Waals surface area contributed by atoms with E-state index in [9.17, 15) is 4.79 Å². The molecule has 0 radical (unpaired) electrons. The van der Waals surface area contributed by atoms with Crippen LogP contribution in [0.15, 0.2) is 59.1 Å². The van der Waals surface area contributed by atoms with Crippen LogP contribution in [0.4, 0.5) is 0 Å². The lowest BCUT2D eigenvalue weighted by molar-refractivity contribution is -0.121. The molecule has 0 fully saturated rings. The summed E-state index contributed by atoms with van der Waals surface area (Å²) in [7, 11) is 1.62. The van der Waals surface area contributed by atoms with E-state index in [1.165, 1.54) is 0 Å². The van der Waals surface area contributed by atoms with Crippen molar-refractivity contribution in [1.82, 2.24) is 15.5 Å². The van der Waals surface area contributed by atoms with Gasteiger partial charge in [0.2, 0.25) is 17.6 Å². The number of nitrogens with zero attached hydrogens (tertiary/aromatic N) is 2. The molecule has 0 aliphatic rings. The Morgan fingerprint density at radius 1 is 1.13 bits per heavy atom. The van der Waals surface area contributed by atoms with Crippen molar-refractivity contribution in [3.8, 4) is 17.1 Å². The van der Waals surface area contributed by atoms with Gasteiger partial charge in [0, 0.05) is 31.6 Å². The van der Waals surface area contributed by atoms with Gasteiger partial charge in [-0.1, -0.05) is 35.5 Å². The first-order valence-electron chi connectivity index (χ1n) is 10.1. The molecule has 1 amide bonds. The maximum absolute atomic E-state index is 12.0. The van der Waals surface area contributed by atoms with Crippen molar-refractivity contribution in [2.24, 2.45) is 0 Å². The Labute approximate surface area is 176 Å². The second-order valence-electron chi connectivity index (χ2n) is 6.87. The van der Waals surface area contributed by atoms with Gasteiger partial charge in [-0.3, -0.25) is 4.79 Å². The van der Waals surface area contributed by atoms with Crippen LogP contribution in [0.5, 0.6) is 5.75 Å². The summed E-state index contributed by atoms with van der Waals surface area (Å²) in [6, 6.07) is 17.5. The van der Waals surface area contributed by atoms with Crippen molar-refractivity contribution in [3.05, 3.63) is 66.1 Å². The third-order valence-electron chi connectivity index (χ3n) is 4.66. The SMILES string of the molecule is COc1ccc(-c2noc(CCC(=O)NCCCOC(C)c3ccccc3)n2)cc1. The zero-order chi connectivity index (χ0) is 21.2. The molecule has 0 aliphatic carbocycles. The highest BCUT2D eigenvalue weighted by atomic mass is 16.5. The van der Waals surface area contributed by atoms with Crippen molar-refractivity contribution in [2.45, 2.75) is 32.3 Å². The van der Waals surface area contributed by atoms with Crippen molar-refractivity contribution in [1.29, 1.82) is 0 Å². The third-order valence-corrected chi connectivity index (χ3v) is 4.66. The molecule has 1 unspecified atom stereocenters. The van der Waals surface area contributed by atoms with Crippen LogP contribution < -0.4 is 10.1 Å². The van der Waals surface area contributed by atoms with Crippen LogP contribution in [0.3, 0.4) is 0 Å². The van der Waals surface area contributed by atoms with E-state index in [1.54, 1.807) is 7.11 Å². The molecule has 30 heavy (non-hydrogen) atoms. The van der Waals surface area contributed by atoms with Gasteiger partial charge in [-0.15, -0.1) is 0 Å². The van der Waals surface area contributed by atoms with Gasteiger partial charge in [0.15, 0.2) is 0 Å². The summed E-state index contributed by atoms with van der Waals surface area (Å²) in [5, 5.41) is 6.87. The Hall–Kier alpha value is -3.19. The maximum atomic E-state index is 12.0. The number of hydrogen-bond donors (Lipinski definition) is 1. The lowest BCUT2D eigenvalue weighted by Crippen LogP contribution is -2.25. The molecule has 1 atom stereocenters. The number of hydrogen-bond acceptors (Lipinski definition) is 6. The molecule has 7 nitrogen and oxygen atoms in total. The van der Waals surface area contributed by atoms with Gasteiger partial charge in [-0.05, 0) is 43.2 Å². The fraction of sp³-hybridized carbons (Fsp3) is 0.348. The highest BCUT2D eigenvalue weighted by Crippen LogP contribution is 2.20. The molecular weight excluding hydrogens is 382 g/mol. The highest BCUT2D eigenvalue weighted by molar-refractivity contribution is 5.76. The maximum Gasteiger partial charge on any atom is 0.227 e. The molecule has 3 aromatic rings. The van der Waals surface area contributed by atoms with Crippen molar-refractivity contribution < 1.29 is 18.8 Å². The summed E-state index contributed by atoms with van der Waals surface area (Å²) in [6.07, 6.45) is 1.49. The number of benzene rings is 2. The van der Waals surface area contributed by atoms with Crippen LogP contribution >= 0.6 is 0 Å². The number of methoxy groups -OCH3 is 1. The first-order valence-corrected chi connectivity index (χ1v) is 10.1. The van der Waals surface area contributed by atoms with E-state index in [1.807, 2.05) is 61.5 Å². The molecule has 0 saturated heterocycles. The minimum Gasteiger partial charge on any atom is -0.497 e. The van der Waals surface area contributed by atoms with Crippen LogP contribution in [-0.2, 0) is 16.0 Å². The quantitative estimate of drug-likeness (QED) is 0.483. The summed E-state index contributed by atoms with van der Waals surface area (Å²) >= 11 is 0. The van der Waals surface area contributed by atoms with E-state index in [0.29, 0.717) is 37.7 Å². The molecule has 7 heteroatoms. The Kier molecular flexibility index (Phi) is 7.97. The summed E-state index contributed by atoms with van der Waals surface area (Å²) in [6.45, 7) is 3.19. The molecule has 0 spiro atoms. The molecule has 1 aromatic heterocycles. The van der Waals surface area contributed by atoms with E-state index in [2.05, 4.69) is 15.5 Å². The number of amides is 1. The lowest BCUT2D eigenvalue weighted by Gasteiger charge is -2.13. The highest BCUT2D eigenvalue weighted by Gasteiger charge is 2.11. The number of aryl methyl sites for hydroxylation is 1. The minimum absolute atomic E-state index is 0.0410. The summed E-state index contributed by atoms with van der Waals surface area (Å²) < 4.78 is 16.2. The molecule has 0 saturated carbocycles. The van der Waals surface area contributed by atoms with Gasteiger partial charge >= 0.3 is 0 Å². The van der Waals surface area contributed by atoms with E-state index < -0.39 is 0 Å². The fourth-order valence-corrected chi connectivity index (χ4v) is 2.90. The Bertz CT molecular complexity index is 910. The summed E-state index contributed by atoms with van der Waals surface area (Å²) in [5.74, 6) is 1.66. The van der Waals surface area contributed by atoms with Gasteiger partial charge in [0.05, 0.1) is 13.2 Å². The Morgan fingerprint density at radius 2 is 1.90 bits per heavy atom. The number of carbonyl (C=O) groups is 1. The van der Waals surface area contributed by atoms with E-state index in [4.69, 9.17) is 14.0 Å². The van der Waals surface area contributed by atoms with E-state index in [-0.39, 0.29) is 12.0 Å². The molecule has 1 heterocycles. The summed E-state index contributed by atoms with van der Waals surface area (Å²) in [4.78, 5) is 16.4. The minimum atomic E-state index is -0.0460. The van der Waals surface area contributed by atoms with Gasteiger partial charge in [-0.2, -0.15) is 4.98 Å². The van der Waals surface area contributed by atoms with Gasteiger partial charge in [0.1, 0.15) is 5.75 Å². The fourth-order valence-electron chi connectivity index (χ4n) is 2.90. The second kappa shape index (κ2) is 11.1. The number of ether oxygens (including phenoxy) is 2. The average Bonchev–Trinajstić information content (AvgIpc) is 3.27. The van der Waals surface area contributed by atoms with Crippen LogP contribution in [0.1, 0.15) is 37.3 Å². The second-order valence-corrected chi connectivity index (χ2v) is 6.87. The molecule has 1 N–H and O–H groups in total. The van der Waals surface area contributed by atoms with Crippen molar-refractivity contribution in [3.63, 3.8) is 0 Å². The molecular formula is C23H27N3O4. The average molecular weight is 409 g/mol. The zero-order valence-electron chi connectivity index (χ0n) is 17.3. The van der Waals surface area contributed by atoms with E-state index in [0.717, 1.165) is 23.3 Å². The first kappa shape index (κ1) is 21.5. The lowest BCUT2D eigenvalue weighted by atomic mass is 10.1. The van der Waals surface area contributed by atoms with E-state index >= 15 is 0 Å². The molecule has 158 valence electrons. The van der Waals surface area contributed by atoms with Crippen LogP contribution in [0.2, 0.25) is 0 Å². The molecule has 2 aromatic carbocycles. The monoisotopic (exact) mass is 409 g/mol. The topological polar surface area (TPSA) is 86.5 Å². The zero-order valence-corrected chi connectivity index (χ0v) is 17.3. The van der Waals surface area contributed by atoms with Crippen molar-refractivity contribution in [2.75, 3.05) is 20.3 Å². The number of carbonyl (C=O) groups excluding carboxylic acids is 1. The standard InChI is InChI=1S/C23H27N3O4/c1-17(18-7-4-3-5-8-18)29-16-6-15-24-21(27)13-14-22-25-23(26-30-22)19-9-11-20(28-2)12-10-19/h3-5,7-12,17H,6,13-16H2,1-2H3,(H,24,27). The van der Waals surface area contributed by atoms with Crippen LogP contribution in [-0.4, -0.2) is 36.3 Å². The van der Waals surface area contributed by atoms with Gasteiger partial charge in [-0.25, -0.2) is 0 Å². The Morgan fingerprint density at radius 3 is 2.63 bits per heavy atom. The largest absolute Gasteiger partial charge is 0.497 e. The number of rotatable bonds is 11. The summed E-state index contributed by atoms with van der Waals surface area (Å²) in [5.41, 5.74) is 1.98. The van der Waals surface area contributed by atoms with Crippen LogP contribution in [0, 0.1) is 0 Å². The van der Waals surface area contributed by atoms with Gasteiger partial charge < -0.3 is 19.3 Å². The van der Waals surface area contributed by atoms with Gasteiger partial charge in [0.25, 0.3) is 0 Å². The molecule has 3 rings (SSSR count). The normalized spacial score (nSPS) is 11.8. The smallest absolute Gasteiger partial charge is 0.227 e. The first-order chi connectivity index (χ1) is 14.7. The predicted octanol–water partition coefficient (Wildman–Crippen LogP) is 3.96. The number of aromatic nitrogens is 2. The van der Waals surface area contributed by atoms with Crippen LogP contribution in [0.25, 0.3) is 11.4 Å². The van der Waals surface area contributed by atoms with Crippen molar-refractivity contribution >= 4 is 5.91 Å². The number of nitrogens with one attached hydrogen (secondary N) is 1. The third kappa shape index (κ3) is 6.42. The molecule has 0 aliphatic heterocycles. The molecule has 0 bridgehead atoms.